The first-order chi connectivity index (χ1) is 9.83. The summed E-state index contributed by atoms with van der Waals surface area (Å²) in [6, 6.07) is 6.13. The molecular weight excluding hydrogens is 324 g/mol. The molecule has 0 spiro atoms. The van der Waals surface area contributed by atoms with Gasteiger partial charge in [0.25, 0.3) is 0 Å². The normalized spacial score (nSPS) is 24.1. The van der Waals surface area contributed by atoms with Crippen LogP contribution in [0.1, 0.15) is 36.7 Å². The Morgan fingerprint density at radius 1 is 1.10 bits per heavy atom. The lowest BCUT2D eigenvalue weighted by Crippen LogP contribution is -2.22. The molecule has 4 nitrogen and oxygen atoms in total. The van der Waals surface area contributed by atoms with E-state index in [1.807, 2.05) is 12.1 Å². The maximum absolute atomic E-state index is 5.81. The van der Waals surface area contributed by atoms with Crippen LogP contribution in [0, 0.1) is 0 Å². The number of rotatable bonds is 4. The van der Waals surface area contributed by atoms with Crippen LogP contribution in [0.2, 0.25) is 0 Å². The average molecular weight is 343 g/mol. The monoisotopic (exact) mass is 342 g/mol. The molecule has 5 heteroatoms. The van der Waals surface area contributed by atoms with Crippen molar-refractivity contribution in [2.75, 3.05) is 19.8 Å². The largest absolute Gasteiger partial charge is 0.353 e. The molecule has 1 aromatic carbocycles. The highest BCUT2D eigenvalue weighted by Crippen LogP contribution is 2.31. The van der Waals surface area contributed by atoms with E-state index in [4.69, 9.17) is 18.9 Å². The van der Waals surface area contributed by atoms with Crippen LogP contribution in [0.4, 0.5) is 0 Å². The quantitative estimate of drug-likeness (QED) is 0.838. The van der Waals surface area contributed by atoms with Gasteiger partial charge in [0.05, 0.1) is 19.8 Å². The lowest BCUT2D eigenvalue weighted by molar-refractivity contribution is -0.168. The summed E-state index contributed by atoms with van der Waals surface area (Å²) in [5, 5.41) is 0. The van der Waals surface area contributed by atoms with Crippen LogP contribution in [0.15, 0.2) is 22.7 Å². The fourth-order valence-corrected chi connectivity index (χ4v) is 2.87. The summed E-state index contributed by atoms with van der Waals surface area (Å²) in [5.41, 5.74) is 2.13. The standard InChI is InChI=1S/C15H19BrO4/c16-13-5-4-11(9-12(13)15-18-7-8-19-15)10-20-14-3-1-2-6-17-14/h4-5,9,14-15H,1-3,6-8,10H2. The zero-order valence-corrected chi connectivity index (χ0v) is 12.9. The molecule has 2 aliphatic rings. The minimum Gasteiger partial charge on any atom is -0.353 e. The topological polar surface area (TPSA) is 36.9 Å². The van der Waals surface area contributed by atoms with Crippen LogP contribution in [-0.2, 0) is 25.6 Å². The van der Waals surface area contributed by atoms with Gasteiger partial charge in [-0.3, -0.25) is 0 Å². The van der Waals surface area contributed by atoms with Gasteiger partial charge in [-0.25, -0.2) is 0 Å². The van der Waals surface area contributed by atoms with E-state index in [9.17, 15) is 0 Å². The van der Waals surface area contributed by atoms with Crippen LogP contribution >= 0.6 is 15.9 Å². The van der Waals surface area contributed by atoms with E-state index < -0.39 is 0 Å². The van der Waals surface area contributed by atoms with E-state index in [0.717, 1.165) is 35.0 Å². The molecule has 2 fully saturated rings. The number of halogens is 1. The summed E-state index contributed by atoms with van der Waals surface area (Å²) < 4.78 is 23.5. The van der Waals surface area contributed by atoms with Gasteiger partial charge in [0.1, 0.15) is 0 Å². The molecule has 0 radical (unpaired) electrons. The molecule has 0 amide bonds. The number of hydrogen-bond acceptors (Lipinski definition) is 4. The summed E-state index contributed by atoms with van der Waals surface area (Å²) in [4.78, 5) is 0. The number of benzene rings is 1. The molecule has 1 aromatic rings. The summed E-state index contributed by atoms with van der Waals surface area (Å²) in [6.45, 7) is 2.65. The first-order valence-corrected chi connectivity index (χ1v) is 7.87. The Bertz CT molecular complexity index is 439. The van der Waals surface area contributed by atoms with Crippen LogP contribution in [-0.4, -0.2) is 26.1 Å². The van der Waals surface area contributed by atoms with E-state index >= 15 is 0 Å². The first kappa shape index (κ1) is 14.5. The van der Waals surface area contributed by atoms with Gasteiger partial charge in [0, 0.05) is 16.6 Å². The SMILES string of the molecule is Brc1ccc(COC2CCCCO2)cc1C1OCCO1. The maximum Gasteiger partial charge on any atom is 0.185 e. The summed E-state index contributed by atoms with van der Waals surface area (Å²) in [5.74, 6) is 0. The predicted molar refractivity (Wildman–Crippen MR) is 77.2 cm³/mol. The van der Waals surface area contributed by atoms with Crippen molar-refractivity contribution in [1.82, 2.24) is 0 Å². The summed E-state index contributed by atoms with van der Waals surface area (Å²) >= 11 is 3.54. The third-order valence-electron chi connectivity index (χ3n) is 3.51. The second-order valence-electron chi connectivity index (χ2n) is 5.04. The Morgan fingerprint density at radius 3 is 2.70 bits per heavy atom. The lowest BCUT2D eigenvalue weighted by atomic mass is 10.1. The van der Waals surface area contributed by atoms with Gasteiger partial charge in [-0.05, 0) is 37.0 Å². The fourth-order valence-electron chi connectivity index (χ4n) is 2.43. The van der Waals surface area contributed by atoms with Crippen LogP contribution in [0.5, 0.6) is 0 Å². The molecule has 2 saturated heterocycles. The molecule has 0 aromatic heterocycles. The number of hydrogen-bond donors (Lipinski definition) is 0. The molecule has 2 heterocycles. The minimum atomic E-state index is -0.268. The Morgan fingerprint density at radius 2 is 1.95 bits per heavy atom. The second kappa shape index (κ2) is 7.00. The van der Waals surface area contributed by atoms with Crippen molar-refractivity contribution in [3.8, 4) is 0 Å². The third kappa shape index (κ3) is 3.59. The predicted octanol–water partition coefficient (Wildman–Crippen LogP) is 3.54. The van der Waals surface area contributed by atoms with Crippen molar-refractivity contribution in [3.63, 3.8) is 0 Å². The zero-order chi connectivity index (χ0) is 13.8. The van der Waals surface area contributed by atoms with Crippen molar-refractivity contribution in [2.45, 2.75) is 38.4 Å². The second-order valence-corrected chi connectivity index (χ2v) is 5.89. The molecule has 0 aliphatic carbocycles. The van der Waals surface area contributed by atoms with E-state index in [0.29, 0.717) is 19.8 Å². The van der Waals surface area contributed by atoms with Crippen LogP contribution in [0.3, 0.4) is 0 Å². The van der Waals surface area contributed by atoms with Gasteiger partial charge in [0.15, 0.2) is 12.6 Å². The Labute approximate surface area is 127 Å². The molecule has 3 rings (SSSR count). The molecule has 1 unspecified atom stereocenters. The molecule has 2 aliphatic heterocycles. The van der Waals surface area contributed by atoms with Crippen LogP contribution < -0.4 is 0 Å². The molecule has 0 saturated carbocycles. The summed E-state index contributed by atoms with van der Waals surface area (Å²) in [6.07, 6.45) is 2.97. The maximum atomic E-state index is 5.81. The third-order valence-corrected chi connectivity index (χ3v) is 4.23. The minimum absolute atomic E-state index is 0.0603. The van der Waals surface area contributed by atoms with Gasteiger partial charge < -0.3 is 18.9 Å². The van der Waals surface area contributed by atoms with Crippen molar-refractivity contribution in [1.29, 1.82) is 0 Å². The molecule has 0 bridgehead atoms. The first-order valence-electron chi connectivity index (χ1n) is 7.08. The van der Waals surface area contributed by atoms with Gasteiger partial charge in [-0.2, -0.15) is 0 Å². The van der Waals surface area contributed by atoms with E-state index in [1.54, 1.807) is 0 Å². The van der Waals surface area contributed by atoms with Gasteiger partial charge in [0.2, 0.25) is 0 Å². The fraction of sp³-hybridized carbons (Fsp3) is 0.600. The molecule has 20 heavy (non-hydrogen) atoms. The Kier molecular flexibility index (Phi) is 5.07. The average Bonchev–Trinajstić information content (AvgIpc) is 3.01. The van der Waals surface area contributed by atoms with Gasteiger partial charge in [-0.1, -0.05) is 22.0 Å². The lowest BCUT2D eigenvalue weighted by Gasteiger charge is -2.23. The Balaban J connectivity index is 1.62. The van der Waals surface area contributed by atoms with E-state index in [-0.39, 0.29) is 12.6 Å². The van der Waals surface area contributed by atoms with Crippen molar-refractivity contribution < 1.29 is 18.9 Å². The smallest absolute Gasteiger partial charge is 0.185 e. The zero-order valence-electron chi connectivity index (χ0n) is 11.3. The molecule has 0 N–H and O–H groups in total. The number of ether oxygens (including phenoxy) is 4. The molecular formula is C15H19BrO4. The Hall–Kier alpha value is -0.460. The van der Waals surface area contributed by atoms with Crippen molar-refractivity contribution >= 4 is 15.9 Å². The highest BCUT2D eigenvalue weighted by Gasteiger charge is 2.21. The highest BCUT2D eigenvalue weighted by molar-refractivity contribution is 9.10. The summed E-state index contributed by atoms with van der Waals surface area (Å²) in [7, 11) is 0. The van der Waals surface area contributed by atoms with Crippen LogP contribution in [0.25, 0.3) is 0 Å². The van der Waals surface area contributed by atoms with Crippen molar-refractivity contribution in [3.05, 3.63) is 33.8 Å². The van der Waals surface area contributed by atoms with E-state index in [1.165, 1.54) is 6.42 Å². The van der Waals surface area contributed by atoms with Crippen molar-refractivity contribution in [2.24, 2.45) is 0 Å². The molecule has 110 valence electrons. The van der Waals surface area contributed by atoms with E-state index in [2.05, 4.69) is 22.0 Å². The van der Waals surface area contributed by atoms with Gasteiger partial charge >= 0.3 is 0 Å². The molecule has 1 atom stereocenters. The highest BCUT2D eigenvalue weighted by atomic mass is 79.9. The van der Waals surface area contributed by atoms with Gasteiger partial charge in [-0.15, -0.1) is 0 Å².